The van der Waals surface area contributed by atoms with Gasteiger partial charge in [0.25, 0.3) is 0 Å². The van der Waals surface area contributed by atoms with Crippen LogP contribution >= 0.6 is 0 Å². The summed E-state index contributed by atoms with van der Waals surface area (Å²) in [6, 6.07) is 3.47. The maximum atomic E-state index is 11.3. The molecular formula is C10H8N4O4. The summed E-state index contributed by atoms with van der Waals surface area (Å²) in [4.78, 5) is 39.1. The van der Waals surface area contributed by atoms with E-state index in [0.29, 0.717) is 5.69 Å². The van der Waals surface area contributed by atoms with Crippen molar-refractivity contribution in [1.29, 1.82) is 0 Å². The summed E-state index contributed by atoms with van der Waals surface area (Å²) in [6.45, 7) is 0. The minimum atomic E-state index is -1.03. The van der Waals surface area contributed by atoms with Gasteiger partial charge in [0, 0.05) is 11.9 Å². The first-order valence-corrected chi connectivity index (χ1v) is 4.90. The van der Waals surface area contributed by atoms with E-state index < -0.39 is 21.9 Å². The topological polar surface area (TPSA) is 125 Å². The lowest BCUT2D eigenvalue weighted by Gasteiger charge is -1.95. The molecule has 0 aromatic carbocycles. The highest BCUT2D eigenvalue weighted by Gasteiger charge is 2.18. The minimum Gasteiger partial charge on any atom is -0.362 e. The number of H-pyrrole nitrogens is 3. The Hall–Kier alpha value is -2.90. The Balaban J connectivity index is 2.53. The number of rotatable bonds is 3. The maximum Gasteiger partial charge on any atom is 0.357 e. The van der Waals surface area contributed by atoms with Gasteiger partial charge >= 0.3 is 16.9 Å². The van der Waals surface area contributed by atoms with Gasteiger partial charge in [0.2, 0.25) is 0 Å². The van der Waals surface area contributed by atoms with Crippen molar-refractivity contribution < 1.29 is 4.92 Å². The van der Waals surface area contributed by atoms with Gasteiger partial charge in [-0.05, 0) is 24.3 Å². The Labute approximate surface area is 99.2 Å². The summed E-state index contributed by atoms with van der Waals surface area (Å²) >= 11 is 0. The predicted octanol–water partition coefficient (Wildman–Crippen LogP) is 0.470. The first kappa shape index (κ1) is 11.6. The van der Waals surface area contributed by atoms with E-state index in [2.05, 4.69) is 9.97 Å². The van der Waals surface area contributed by atoms with E-state index in [4.69, 9.17) is 0 Å². The van der Waals surface area contributed by atoms with Gasteiger partial charge in [0.1, 0.15) is 5.69 Å². The minimum absolute atomic E-state index is 0.150. The second kappa shape index (κ2) is 4.53. The lowest BCUT2D eigenvalue weighted by molar-refractivity contribution is -0.386. The van der Waals surface area contributed by atoms with Crippen LogP contribution in [0.4, 0.5) is 5.69 Å². The zero-order chi connectivity index (χ0) is 13.1. The summed E-state index contributed by atoms with van der Waals surface area (Å²) < 4.78 is 0. The molecule has 0 atom stereocenters. The fourth-order valence-electron chi connectivity index (χ4n) is 1.42. The van der Waals surface area contributed by atoms with Crippen molar-refractivity contribution in [1.82, 2.24) is 15.0 Å². The number of hydrogen-bond donors (Lipinski definition) is 3. The Morgan fingerprint density at radius 1 is 1.22 bits per heavy atom. The van der Waals surface area contributed by atoms with E-state index in [1.54, 1.807) is 23.3 Å². The first-order valence-electron chi connectivity index (χ1n) is 4.90. The average molecular weight is 248 g/mol. The summed E-state index contributed by atoms with van der Waals surface area (Å²) in [5.74, 6) is 0. The third kappa shape index (κ3) is 2.26. The van der Waals surface area contributed by atoms with Gasteiger partial charge in [0.05, 0.1) is 4.92 Å². The lowest BCUT2D eigenvalue weighted by Crippen LogP contribution is -2.25. The van der Waals surface area contributed by atoms with Gasteiger partial charge in [-0.15, -0.1) is 0 Å². The maximum absolute atomic E-state index is 11.3. The summed E-state index contributed by atoms with van der Waals surface area (Å²) in [6.07, 6.45) is 4.48. The van der Waals surface area contributed by atoms with Gasteiger partial charge in [-0.1, -0.05) is 0 Å². The number of nitro groups is 1. The van der Waals surface area contributed by atoms with Crippen LogP contribution in [-0.2, 0) is 0 Å². The lowest BCUT2D eigenvalue weighted by atomic mass is 10.3. The van der Waals surface area contributed by atoms with Gasteiger partial charge in [-0.25, -0.2) is 4.79 Å². The van der Waals surface area contributed by atoms with Crippen LogP contribution in [0.15, 0.2) is 27.9 Å². The number of nitrogens with one attached hydrogen (secondary N) is 3. The Morgan fingerprint density at radius 2 is 2.00 bits per heavy atom. The smallest absolute Gasteiger partial charge is 0.357 e. The third-order valence-corrected chi connectivity index (χ3v) is 2.18. The summed E-state index contributed by atoms with van der Waals surface area (Å²) in [7, 11) is 0. The average Bonchev–Trinajstić information content (AvgIpc) is 2.77. The monoisotopic (exact) mass is 248 g/mol. The second-order valence-electron chi connectivity index (χ2n) is 3.39. The van der Waals surface area contributed by atoms with Gasteiger partial charge in [-0.3, -0.25) is 19.9 Å². The zero-order valence-corrected chi connectivity index (χ0v) is 8.97. The van der Waals surface area contributed by atoms with E-state index in [1.165, 1.54) is 12.2 Å². The van der Waals surface area contributed by atoms with Crippen LogP contribution in [0.25, 0.3) is 12.2 Å². The standard InChI is InChI=1S/C10H8N4O4/c15-9-8(14(17)18)7(12-10(16)13-9)4-3-6-2-1-5-11-6/h1-5,11H,(H2,12,13,15,16)/b4-3-. The molecule has 0 radical (unpaired) electrons. The van der Waals surface area contributed by atoms with E-state index >= 15 is 0 Å². The first-order chi connectivity index (χ1) is 8.58. The van der Waals surface area contributed by atoms with E-state index in [9.17, 15) is 19.7 Å². The molecule has 18 heavy (non-hydrogen) atoms. The largest absolute Gasteiger partial charge is 0.362 e. The fourth-order valence-corrected chi connectivity index (χ4v) is 1.42. The molecule has 2 heterocycles. The molecule has 0 saturated carbocycles. The van der Waals surface area contributed by atoms with Crippen molar-refractivity contribution in [2.75, 3.05) is 0 Å². The molecule has 0 aliphatic carbocycles. The zero-order valence-electron chi connectivity index (χ0n) is 8.97. The van der Waals surface area contributed by atoms with Crippen LogP contribution in [0.2, 0.25) is 0 Å². The van der Waals surface area contributed by atoms with Crippen LogP contribution in [0.3, 0.4) is 0 Å². The van der Waals surface area contributed by atoms with Crippen molar-refractivity contribution in [3.63, 3.8) is 0 Å². The molecule has 8 nitrogen and oxygen atoms in total. The number of hydrogen-bond acceptors (Lipinski definition) is 4. The molecule has 0 amide bonds. The molecule has 0 spiro atoms. The van der Waals surface area contributed by atoms with Crippen molar-refractivity contribution in [3.05, 3.63) is 60.7 Å². The third-order valence-electron chi connectivity index (χ3n) is 2.18. The molecule has 0 aliphatic heterocycles. The highest BCUT2D eigenvalue weighted by atomic mass is 16.6. The molecule has 3 N–H and O–H groups in total. The summed E-state index contributed by atoms with van der Waals surface area (Å²) in [5, 5.41) is 10.7. The van der Waals surface area contributed by atoms with Crippen molar-refractivity contribution in [2.24, 2.45) is 0 Å². The normalized spacial score (nSPS) is 10.9. The molecular weight excluding hydrogens is 240 g/mol. The quantitative estimate of drug-likeness (QED) is 0.539. The molecule has 0 saturated heterocycles. The highest BCUT2D eigenvalue weighted by molar-refractivity contribution is 5.70. The van der Waals surface area contributed by atoms with Crippen LogP contribution < -0.4 is 11.2 Å². The molecule has 0 aliphatic rings. The summed E-state index contributed by atoms with van der Waals surface area (Å²) in [5.41, 5.74) is -1.99. The van der Waals surface area contributed by atoms with Crippen molar-refractivity contribution >= 4 is 17.8 Å². The van der Waals surface area contributed by atoms with Gasteiger partial charge in [0.15, 0.2) is 0 Å². The highest BCUT2D eigenvalue weighted by Crippen LogP contribution is 2.11. The number of aromatic nitrogens is 3. The van der Waals surface area contributed by atoms with E-state index in [0.717, 1.165) is 0 Å². The van der Waals surface area contributed by atoms with Gasteiger partial charge < -0.3 is 9.97 Å². The molecule has 0 bridgehead atoms. The molecule has 8 heteroatoms. The van der Waals surface area contributed by atoms with Gasteiger partial charge in [-0.2, -0.15) is 0 Å². The van der Waals surface area contributed by atoms with E-state index in [1.807, 2.05) is 0 Å². The number of nitrogens with zero attached hydrogens (tertiary/aromatic N) is 1. The molecule has 0 fully saturated rings. The Kier molecular flexibility index (Phi) is 2.92. The Morgan fingerprint density at radius 3 is 2.61 bits per heavy atom. The number of aromatic amines is 3. The van der Waals surface area contributed by atoms with Crippen molar-refractivity contribution in [2.45, 2.75) is 0 Å². The molecule has 2 aromatic heterocycles. The molecule has 2 aromatic rings. The van der Waals surface area contributed by atoms with Crippen LogP contribution in [-0.4, -0.2) is 19.9 Å². The van der Waals surface area contributed by atoms with Crippen LogP contribution in [0.5, 0.6) is 0 Å². The molecule has 2 rings (SSSR count). The Bertz CT molecular complexity index is 708. The predicted molar refractivity (Wildman–Crippen MR) is 64.1 cm³/mol. The van der Waals surface area contributed by atoms with Crippen LogP contribution in [0.1, 0.15) is 11.4 Å². The molecule has 92 valence electrons. The molecule has 0 unspecified atom stereocenters. The fraction of sp³-hybridized carbons (Fsp3) is 0. The SMILES string of the molecule is O=c1[nH]c(/C=C\c2ccc[nH]2)c([N+](=O)[O-])c(=O)[nH]1. The van der Waals surface area contributed by atoms with E-state index in [-0.39, 0.29) is 5.69 Å². The van der Waals surface area contributed by atoms with Crippen LogP contribution in [0, 0.1) is 10.1 Å². The van der Waals surface area contributed by atoms with Crippen molar-refractivity contribution in [3.8, 4) is 0 Å². The second-order valence-corrected chi connectivity index (χ2v) is 3.39.